The molecular weight excluding hydrogens is 472 g/mol. The summed E-state index contributed by atoms with van der Waals surface area (Å²) in [6, 6.07) is 15.1. The number of aromatic nitrogens is 1. The van der Waals surface area contributed by atoms with Crippen LogP contribution in [-0.2, 0) is 16.2 Å². The van der Waals surface area contributed by atoms with Crippen molar-refractivity contribution >= 4 is 51.6 Å². The van der Waals surface area contributed by atoms with Crippen LogP contribution in [0.15, 0.2) is 48.5 Å². The minimum absolute atomic E-state index is 0.00742. The number of piperidine rings is 1. The Morgan fingerprint density at radius 3 is 2.65 bits per heavy atom. The van der Waals surface area contributed by atoms with Crippen molar-refractivity contribution in [2.24, 2.45) is 0 Å². The number of benzene rings is 2. The summed E-state index contributed by atoms with van der Waals surface area (Å²) in [5.41, 5.74) is 2.70. The minimum atomic E-state index is -0.722. The molecule has 1 aromatic heterocycles. The number of urea groups is 1. The van der Waals surface area contributed by atoms with Gasteiger partial charge in [0.05, 0.1) is 10.2 Å². The van der Waals surface area contributed by atoms with Gasteiger partial charge in [-0.25, -0.2) is 9.59 Å². The lowest BCUT2D eigenvalue weighted by Gasteiger charge is -2.33. The second-order valence-corrected chi connectivity index (χ2v) is 10.1. The molecule has 1 aliphatic rings. The van der Waals surface area contributed by atoms with Gasteiger partial charge >= 0.3 is 12.2 Å². The van der Waals surface area contributed by atoms with E-state index in [0.717, 1.165) is 21.5 Å². The molecule has 0 radical (unpaired) electrons. The SMILES string of the molecule is CC(C)N(C(=O)NC1CCN(OC(=O)OCc2ccccc2)CC1)c1ccc2[nH]c(=S)sc2c1. The zero-order chi connectivity index (χ0) is 24.1. The summed E-state index contributed by atoms with van der Waals surface area (Å²) in [4.78, 5) is 35.3. The molecule has 1 aliphatic heterocycles. The van der Waals surface area contributed by atoms with Gasteiger partial charge in [-0.2, -0.15) is 0 Å². The summed E-state index contributed by atoms with van der Waals surface area (Å²) in [6.07, 6.45) is 0.616. The Morgan fingerprint density at radius 1 is 1.21 bits per heavy atom. The van der Waals surface area contributed by atoms with Gasteiger partial charge in [-0.1, -0.05) is 30.3 Å². The number of nitrogens with zero attached hydrogens (tertiary/aromatic N) is 2. The average molecular weight is 501 g/mol. The molecule has 1 saturated heterocycles. The molecule has 10 heteroatoms. The van der Waals surface area contributed by atoms with Crippen molar-refractivity contribution in [3.8, 4) is 0 Å². The summed E-state index contributed by atoms with van der Waals surface area (Å²) in [6.45, 7) is 5.18. The second-order valence-electron chi connectivity index (χ2n) is 8.43. The molecule has 34 heavy (non-hydrogen) atoms. The number of H-pyrrole nitrogens is 1. The molecule has 1 fully saturated rings. The van der Waals surface area contributed by atoms with E-state index in [0.29, 0.717) is 29.9 Å². The fourth-order valence-corrected chi connectivity index (χ4v) is 5.07. The van der Waals surface area contributed by atoms with Gasteiger partial charge in [-0.05, 0) is 62.7 Å². The first-order chi connectivity index (χ1) is 16.4. The Hall–Kier alpha value is -2.95. The number of hydroxylamine groups is 2. The first-order valence-corrected chi connectivity index (χ1v) is 12.5. The van der Waals surface area contributed by atoms with Crippen LogP contribution in [0.25, 0.3) is 10.2 Å². The Balaban J connectivity index is 1.27. The Bertz CT molecular complexity index is 1190. The topological polar surface area (TPSA) is 86.9 Å². The molecule has 0 aliphatic carbocycles. The lowest BCUT2D eigenvalue weighted by Crippen LogP contribution is -2.51. The number of hydrogen-bond donors (Lipinski definition) is 2. The number of anilines is 1. The second kappa shape index (κ2) is 11.0. The van der Waals surface area contributed by atoms with Crippen LogP contribution < -0.4 is 10.2 Å². The van der Waals surface area contributed by atoms with Crippen LogP contribution in [0.4, 0.5) is 15.3 Å². The van der Waals surface area contributed by atoms with E-state index in [4.69, 9.17) is 21.8 Å². The summed E-state index contributed by atoms with van der Waals surface area (Å²) >= 11 is 6.73. The quantitative estimate of drug-likeness (QED) is 0.338. The monoisotopic (exact) mass is 500 g/mol. The first kappa shape index (κ1) is 24.2. The fourth-order valence-electron chi connectivity index (χ4n) is 3.92. The zero-order valence-corrected chi connectivity index (χ0v) is 20.8. The highest BCUT2D eigenvalue weighted by Crippen LogP contribution is 2.27. The van der Waals surface area contributed by atoms with E-state index < -0.39 is 6.16 Å². The third kappa shape index (κ3) is 6.13. The van der Waals surface area contributed by atoms with E-state index in [2.05, 4.69) is 10.3 Å². The van der Waals surface area contributed by atoms with Crippen molar-refractivity contribution in [2.45, 2.75) is 45.4 Å². The van der Waals surface area contributed by atoms with E-state index >= 15 is 0 Å². The normalized spacial score (nSPS) is 14.8. The van der Waals surface area contributed by atoms with Crippen LogP contribution in [0.2, 0.25) is 0 Å². The molecular formula is C24H28N4O4S2. The number of amides is 2. The van der Waals surface area contributed by atoms with E-state index in [9.17, 15) is 9.59 Å². The van der Waals surface area contributed by atoms with E-state index in [1.807, 2.05) is 62.4 Å². The smallest absolute Gasteiger partial charge is 0.428 e. The van der Waals surface area contributed by atoms with Gasteiger partial charge in [0.2, 0.25) is 0 Å². The zero-order valence-electron chi connectivity index (χ0n) is 19.2. The molecule has 2 N–H and O–H groups in total. The summed E-state index contributed by atoms with van der Waals surface area (Å²) in [7, 11) is 0. The number of carbonyl (C=O) groups excluding carboxylic acids is 2. The number of rotatable bonds is 6. The van der Waals surface area contributed by atoms with Crippen molar-refractivity contribution in [2.75, 3.05) is 18.0 Å². The number of aromatic amines is 1. The average Bonchev–Trinajstić information content (AvgIpc) is 3.19. The fraction of sp³-hybridized carbons (Fsp3) is 0.375. The lowest BCUT2D eigenvalue weighted by atomic mass is 10.1. The molecule has 180 valence electrons. The molecule has 0 saturated carbocycles. The van der Waals surface area contributed by atoms with Gasteiger partial charge in [0.25, 0.3) is 0 Å². The molecule has 0 unspecified atom stereocenters. The summed E-state index contributed by atoms with van der Waals surface area (Å²) in [5.74, 6) is 0. The number of carbonyl (C=O) groups is 2. The molecule has 8 nitrogen and oxygen atoms in total. The van der Waals surface area contributed by atoms with Crippen LogP contribution >= 0.6 is 23.6 Å². The van der Waals surface area contributed by atoms with E-state index in [1.165, 1.54) is 11.3 Å². The molecule has 0 atom stereocenters. The first-order valence-electron chi connectivity index (χ1n) is 11.3. The third-order valence-electron chi connectivity index (χ3n) is 5.60. The van der Waals surface area contributed by atoms with Gasteiger partial charge in [0.1, 0.15) is 6.61 Å². The number of hydrogen-bond acceptors (Lipinski definition) is 7. The Labute approximate surface area is 207 Å². The molecule has 2 heterocycles. The number of thiazole rings is 1. The van der Waals surface area contributed by atoms with E-state index in [-0.39, 0.29) is 24.7 Å². The number of ether oxygens (including phenoxy) is 1. The lowest BCUT2D eigenvalue weighted by molar-refractivity contribution is -0.141. The number of nitrogens with one attached hydrogen (secondary N) is 2. The maximum Gasteiger partial charge on any atom is 0.528 e. The van der Waals surface area contributed by atoms with Crippen LogP contribution in [0.3, 0.4) is 0 Å². The van der Waals surface area contributed by atoms with Crippen LogP contribution in [0.1, 0.15) is 32.3 Å². The Morgan fingerprint density at radius 2 is 1.94 bits per heavy atom. The summed E-state index contributed by atoms with van der Waals surface area (Å²) < 4.78 is 6.91. The molecule has 2 aromatic carbocycles. The van der Waals surface area contributed by atoms with Crippen molar-refractivity contribution in [1.82, 2.24) is 15.4 Å². The predicted molar refractivity (Wildman–Crippen MR) is 135 cm³/mol. The standard InChI is InChI=1S/C24H28N4O4S2/c1-16(2)28(19-8-9-20-21(14-19)34-23(33)26-20)22(29)25-18-10-12-27(13-11-18)32-24(30)31-15-17-6-4-3-5-7-17/h3-9,14,16,18H,10-13,15H2,1-2H3,(H,25,29)(H,26,33). The predicted octanol–water partition coefficient (Wildman–Crippen LogP) is 5.62. The molecule has 3 aromatic rings. The van der Waals surface area contributed by atoms with Gasteiger partial charge in [0, 0.05) is 30.9 Å². The number of fused-ring (bicyclic) bond motifs is 1. The van der Waals surface area contributed by atoms with Crippen molar-refractivity contribution in [1.29, 1.82) is 0 Å². The molecule has 0 bridgehead atoms. The van der Waals surface area contributed by atoms with Gasteiger partial charge in [-0.15, -0.1) is 16.4 Å². The molecule has 0 spiro atoms. The largest absolute Gasteiger partial charge is 0.528 e. The van der Waals surface area contributed by atoms with Crippen molar-refractivity contribution in [3.63, 3.8) is 0 Å². The highest BCUT2D eigenvalue weighted by Gasteiger charge is 2.27. The van der Waals surface area contributed by atoms with Crippen molar-refractivity contribution < 1.29 is 19.2 Å². The minimum Gasteiger partial charge on any atom is -0.428 e. The summed E-state index contributed by atoms with van der Waals surface area (Å²) in [5, 5.41) is 4.72. The molecule has 2 amide bonds. The van der Waals surface area contributed by atoms with Crippen LogP contribution in [0, 0.1) is 3.95 Å². The van der Waals surface area contributed by atoms with Crippen LogP contribution in [0.5, 0.6) is 0 Å². The molecule has 4 rings (SSSR count). The van der Waals surface area contributed by atoms with E-state index in [1.54, 1.807) is 9.96 Å². The van der Waals surface area contributed by atoms with Gasteiger partial charge in [0.15, 0.2) is 3.95 Å². The van der Waals surface area contributed by atoms with Gasteiger partial charge in [-0.3, -0.25) is 4.90 Å². The highest BCUT2D eigenvalue weighted by molar-refractivity contribution is 7.73. The van der Waals surface area contributed by atoms with Gasteiger partial charge < -0.3 is 19.9 Å². The third-order valence-corrected chi connectivity index (χ3v) is 6.80. The van der Waals surface area contributed by atoms with Crippen molar-refractivity contribution in [3.05, 3.63) is 58.0 Å². The van der Waals surface area contributed by atoms with Crippen LogP contribution in [-0.4, -0.2) is 47.4 Å². The maximum absolute atomic E-state index is 13.1. The maximum atomic E-state index is 13.1. The Kier molecular flexibility index (Phi) is 7.81. The highest BCUT2D eigenvalue weighted by atomic mass is 32.1.